The van der Waals surface area contributed by atoms with Crippen LogP contribution in [0.1, 0.15) is 58.6 Å². The van der Waals surface area contributed by atoms with Crippen molar-refractivity contribution in [2.75, 3.05) is 13.7 Å². The van der Waals surface area contributed by atoms with Crippen LogP contribution in [-0.2, 0) is 9.53 Å². The van der Waals surface area contributed by atoms with Crippen molar-refractivity contribution in [2.24, 2.45) is 28.6 Å². The highest BCUT2D eigenvalue weighted by atomic mass is 16.5. The lowest BCUT2D eigenvalue weighted by molar-refractivity contribution is -0.139. The van der Waals surface area contributed by atoms with E-state index in [0.717, 1.165) is 24.8 Å². The van der Waals surface area contributed by atoms with Gasteiger partial charge in [0.25, 0.3) is 0 Å². The fraction of sp³-hybridized carbons (Fsp3) is 0.696. The first-order chi connectivity index (χ1) is 13.2. The van der Waals surface area contributed by atoms with Gasteiger partial charge in [-0.25, -0.2) is 0 Å². The van der Waals surface area contributed by atoms with Crippen LogP contribution < -0.4 is 10.1 Å². The molecule has 2 N–H and O–H groups in total. The minimum atomic E-state index is -0.0508. The van der Waals surface area contributed by atoms with Crippen molar-refractivity contribution in [2.45, 2.75) is 59.1 Å². The van der Waals surface area contributed by atoms with E-state index in [4.69, 9.17) is 9.47 Å². The van der Waals surface area contributed by atoms with Gasteiger partial charge >= 0.3 is 0 Å². The number of fused-ring (bicyclic) bond motifs is 1. The van der Waals surface area contributed by atoms with Gasteiger partial charge in [-0.15, -0.1) is 0 Å². The summed E-state index contributed by atoms with van der Waals surface area (Å²) in [6, 6.07) is 5.75. The quantitative estimate of drug-likeness (QED) is 0.818. The number of amides is 1. The van der Waals surface area contributed by atoms with Gasteiger partial charge in [-0.1, -0.05) is 33.8 Å². The van der Waals surface area contributed by atoms with Crippen molar-refractivity contribution in [3.63, 3.8) is 0 Å². The third-order valence-corrected chi connectivity index (χ3v) is 7.85. The van der Waals surface area contributed by atoms with Crippen molar-refractivity contribution in [1.82, 2.24) is 5.32 Å². The molecule has 1 aliphatic heterocycles. The number of ether oxygens (including phenoxy) is 2. The molecule has 1 heterocycles. The van der Waals surface area contributed by atoms with E-state index in [9.17, 15) is 9.90 Å². The van der Waals surface area contributed by atoms with E-state index in [1.54, 1.807) is 13.2 Å². The normalized spacial score (nSPS) is 35.6. The summed E-state index contributed by atoms with van der Waals surface area (Å²) >= 11 is 0. The fourth-order valence-corrected chi connectivity index (χ4v) is 6.31. The highest BCUT2D eigenvalue weighted by molar-refractivity contribution is 5.78. The fourth-order valence-electron chi connectivity index (χ4n) is 6.31. The Morgan fingerprint density at radius 1 is 1.36 bits per heavy atom. The van der Waals surface area contributed by atoms with Crippen LogP contribution in [-0.4, -0.2) is 30.8 Å². The molecule has 1 unspecified atom stereocenters. The molecule has 1 spiro atoms. The molecule has 2 saturated carbocycles. The number of rotatable bonds is 4. The van der Waals surface area contributed by atoms with E-state index in [-0.39, 0.29) is 40.6 Å². The molecule has 5 nitrogen and oxygen atoms in total. The molecule has 1 amide bonds. The van der Waals surface area contributed by atoms with Crippen LogP contribution in [0.3, 0.4) is 0 Å². The molecule has 3 aliphatic rings. The van der Waals surface area contributed by atoms with Gasteiger partial charge in [0.15, 0.2) is 11.5 Å². The molecule has 2 aliphatic carbocycles. The number of aromatic hydroxyl groups is 1. The summed E-state index contributed by atoms with van der Waals surface area (Å²) in [7, 11) is 1.56. The third kappa shape index (κ3) is 2.73. The summed E-state index contributed by atoms with van der Waals surface area (Å²) in [5, 5.41) is 13.7. The minimum absolute atomic E-state index is 0.0149. The molecule has 1 aromatic carbocycles. The summed E-state index contributed by atoms with van der Waals surface area (Å²) in [5.41, 5.74) is 1.16. The van der Waals surface area contributed by atoms with E-state index in [1.807, 2.05) is 26.0 Å². The summed E-state index contributed by atoms with van der Waals surface area (Å²) in [6.07, 6.45) is 3.19. The van der Waals surface area contributed by atoms with Gasteiger partial charge in [0.1, 0.15) is 0 Å². The SMILES string of the molecule is COc1ccc([C@H]2OCCC34C[C@@H](C[C@H]23)C(C)(C)[C@@H]4NC(=O)C(C)C)cc1O. The number of phenolic OH excluding ortho intramolecular Hbond substituents is 1. The third-order valence-electron chi connectivity index (χ3n) is 7.85. The van der Waals surface area contributed by atoms with Gasteiger partial charge in [0, 0.05) is 18.6 Å². The second kappa shape index (κ2) is 6.65. The number of carbonyl (C=O) groups is 1. The molecule has 5 heteroatoms. The van der Waals surface area contributed by atoms with Crippen LogP contribution in [0.15, 0.2) is 18.2 Å². The monoisotopic (exact) mass is 387 g/mol. The summed E-state index contributed by atoms with van der Waals surface area (Å²) in [4.78, 5) is 12.6. The van der Waals surface area contributed by atoms with Crippen LogP contribution in [0.5, 0.6) is 11.5 Å². The topological polar surface area (TPSA) is 67.8 Å². The Hall–Kier alpha value is -1.75. The molecule has 28 heavy (non-hydrogen) atoms. The van der Waals surface area contributed by atoms with E-state index < -0.39 is 0 Å². The molecular weight excluding hydrogens is 354 g/mol. The highest BCUT2D eigenvalue weighted by Gasteiger charge is 2.68. The lowest BCUT2D eigenvalue weighted by atomic mass is 9.58. The molecule has 0 aromatic heterocycles. The van der Waals surface area contributed by atoms with Gasteiger partial charge in [-0.2, -0.15) is 0 Å². The van der Waals surface area contributed by atoms with Gasteiger partial charge in [0.05, 0.1) is 13.2 Å². The van der Waals surface area contributed by atoms with E-state index >= 15 is 0 Å². The molecule has 3 fully saturated rings. The van der Waals surface area contributed by atoms with Gasteiger partial charge in [-0.3, -0.25) is 4.79 Å². The van der Waals surface area contributed by atoms with Gasteiger partial charge in [-0.05, 0) is 59.6 Å². The Balaban J connectivity index is 1.68. The Bertz CT molecular complexity index is 774. The molecular formula is C23H33NO4. The molecule has 0 radical (unpaired) electrons. The number of hydrogen-bond acceptors (Lipinski definition) is 4. The molecule has 1 aromatic rings. The molecule has 5 atom stereocenters. The maximum Gasteiger partial charge on any atom is 0.222 e. The number of nitrogens with one attached hydrogen (secondary N) is 1. The Kier molecular flexibility index (Phi) is 4.65. The predicted octanol–water partition coefficient (Wildman–Crippen LogP) is 4.06. The molecule has 4 rings (SSSR count). The zero-order valence-corrected chi connectivity index (χ0v) is 17.6. The van der Waals surface area contributed by atoms with Crippen molar-refractivity contribution in [1.29, 1.82) is 0 Å². The van der Waals surface area contributed by atoms with Gasteiger partial charge < -0.3 is 19.9 Å². The van der Waals surface area contributed by atoms with Crippen molar-refractivity contribution in [3.8, 4) is 11.5 Å². The Morgan fingerprint density at radius 2 is 2.11 bits per heavy atom. The highest BCUT2D eigenvalue weighted by Crippen LogP contribution is 2.70. The number of methoxy groups -OCH3 is 1. The summed E-state index contributed by atoms with van der Waals surface area (Å²) < 4.78 is 11.5. The maximum absolute atomic E-state index is 12.6. The zero-order chi connectivity index (χ0) is 20.3. The average Bonchev–Trinajstić information content (AvgIpc) is 3.14. The van der Waals surface area contributed by atoms with Crippen LogP contribution in [0, 0.1) is 28.6 Å². The second-order valence-corrected chi connectivity index (χ2v) is 9.87. The Morgan fingerprint density at radius 3 is 2.75 bits per heavy atom. The second-order valence-electron chi connectivity index (χ2n) is 9.87. The summed E-state index contributed by atoms with van der Waals surface area (Å²) in [5.74, 6) is 1.68. The standard InChI is InChI=1S/C23H33NO4/c1-13(2)20(26)24-21-22(3,4)15-11-16-19(28-9-8-23(16,21)12-15)14-6-7-18(27-5)17(25)10-14/h6-7,10,13,15-16,19,21,25H,8-9,11-12H2,1-5H3,(H,24,26)/t15-,16-,19-,21+,23?/m1/s1. The lowest BCUT2D eigenvalue weighted by Crippen LogP contribution is -2.59. The summed E-state index contributed by atoms with van der Waals surface area (Å²) in [6.45, 7) is 9.23. The molecule has 2 bridgehead atoms. The average molecular weight is 388 g/mol. The predicted molar refractivity (Wildman–Crippen MR) is 107 cm³/mol. The van der Waals surface area contributed by atoms with Crippen LogP contribution in [0.4, 0.5) is 0 Å². The first-order valence-corrected chi connectivity index (χ1v) is 10.5. The van der Waals surface area contributed by atoms with Crippen LogP contribution in [0.25, 0.3) is 0 Å². The molecule has 1 saturated heterocycles. The van der Waals surface area contributed by atoms with Crippen LogP contribution in [0.2, 0.25) is 0 Å². The van der Waals surface area contributed by atoms with E-state index in [2.05, 4.69) is 19.2 Å². The van der Waals surface area contributed by atoms with Crippen molar-refractivity contribution >= 4 is 5.91 Å². The Labute approximate surface area is 167 Å². The first kappa shape index (κ1) is 19.6. The zero-order valence-electron chi connectivity index (χ0n) is 17.6. The molecule has 154 valence electrons. The van der Waals surface area contributed by atoms with E-state index in [0.29, 0.717) is 24.2 Å². The van der Waals surface area contributed by atoms with Crippen molar-refractivity contribution < 1.29 is 19.4 Å². The first-order valence-electron chi connectivity index (χ1n) is 10.5. The number of benzene rings is 1. The lowest BCUT2D eigenvalue weighted by Gasteiger charge is -2.53. The number of carbonyl (C=O) groups excluding carboxylic acids is 1. The van der Waals surface area contributed by atoms with Crippen molar-refractivity contribution in [3.05, 3.63) is 23.8 Å². The minimum Gasteiger partial charge on any atom is -0.504 e. The van der Waals surface area contributed by atoms with E-state index in [1.165, 1.54) is 0 Å². The smallest absolute Gasteiger partial charge is 0.222 e. The van der Waals surface area contributed by atoms with Gasteiger partial charge in [0.2, 0.25) is 5.91 Å². The number of phenols is 1. The van der Waals surface area contributed by atoms with Crippen LogP contribution >= 0.6 is 0 Å². The number of hydrogen-bond donors (Lipinski definition) is 2. The maximum atomic E-state index is 12.6. The largest absolute Gasteiger partial charge is 0.504 e.